The molecule has 1 unspecified atom stereocenters. The minimum absolute atomic E-state index is 0.0747. The maximum absolute atomic E-state index is 6.07. The van der Waals surface area contributed by atoms with Crippen molar-refractivity contribution in [2.24, 2.45) is 12.0 Å². The monoisotopic (exact) mass is 369 g/mol. The van der Waals surface area contributed by atoms with Gasteiger partial charge in [-0.2, -0.15) is 5.10 Å². The highest BCUT2D eigenvalue weighted by atomic mass is 16.5. The molecule has 0 amide bonds. The number of nitrogens with zero attached hydrogens (tertiary/aromatic N) is 4. The molecule has 1 aromatic heterocycles. The van der Waals surface area contributed by atoms with Gasteiger partial charge in [-0.05, 0) is 38.8 Å². The Kier molecular flexibility index (Phi) is 6.16. The molecule has 27 heavy (non-hydrogen) atoms. The van der Waals surface area contributed by atoms with Crippen LogP contribution in [0.1, 0.15) is 41.1 Å². The van der Waals surface area contributed by atoms with Crippen LogP contribution in [-0.4, -0.2) is 46.9 Å². The molecule has 6 heteroatoms. The van der Waals surface area contributed by atoms with Crippen LogP contribution in [0.4, 0.5) is 0 Å². The molecule has 6 nitrogen and oxygen atoms in total. The highest BCUT2D eigenvalue weighted by Gasteiger charge is 2.25. The molecular formula is C21H31N5O. The lowest BCUT2D eigenvalue weighted by molar-refractivity contribution is -0.00834. The topological polar surface area (TPSA) is 54.7 Å². The Labute approximate surface area is 162 Å². The van der Waals surface area contributed by atoms with Gasteiger partial charge < -0.3 is 15.0 Å². The summed E-state index contributed by atoms with van der Waals surface area (Å²) in [4.78, 5) is 7.23. The Morgan fingerprint density at radius 1 is 1.30 bits per heavy atom. The first-order chi connectivity index (χ1) is 13.0. The van der Waals surface area contributed by atoms with E-state index in [0.29, 0.717) is 13.2 Å². The average molecular weight is 370 g/mol. The number of aryl methyl sites for hydroxylation is 3. The van der Waals surface area contributed by atoms with Gasteiger partial charge in [0.15, 0.2) is 5.96 Å². The van der Waals surface area contributed by atoms with E-state index in [9.17, 15) is 0 Å². The molecule has 146 valence electrons. The van der Waals surface area contributed by atoms with E-state index >= 15 is 0 Å². The molecule has 0 spiro atoms. The van der Waals surface area contributed by atoms with Gasteiger partial charge in [-0.15, -0.1) is 0 Å². The number of hydrogen-bond acceptors (Lipinski definition) is 3. The molecule has 0 aliphatic carbocycles. The SMILES string of the molecule is CCNC(=NCc1c(C)nn(C)c1C)N1CCOC(c2ccccc2C)C1. The van der Waals surface area contributed by atoms with Crippen molar-refractivity contribution in [2.45, 2.75) is 40.3 Å². The van der Waals surface area contributed by atoms with E-state index < -0.39 is 0 Å². The van der Waals surface area contributed by atoms with E-state index in [1.54, 1.807) is 0 Å². The van der Waals surface area contributed by atoms with Gasteiger partial charge in [0.1, 0.15) is 6.10 Å². The van der Waals surface area contributed by atoms with Crippen molar-refractivity contribution in [2.75, 3.05) is 26.2 Å². The second-order valence-corrected chi connectivity index (χ2v) is 7.11. The zero-order chi connectivity index (χ0) is 19.4. The van der Waals surface area contributed by atoms with E-state index in [-0.39, 0.29) is 6.10 Å². The van der Waals surface area contributed by atoms with Crippen molar-refractivity contribution < 1.29 is 4.74 Å². The third-order valence-electron chi connectivity index (χ3n) is 5.28. The summed E-state index contributed by atoms with van der Waals surface area (Å²) in [6, 6.07) is 8.46. The summed E-state index contributed by atoms with van der Waals surface area (Å²) in [6.07, 6.45) is 0.0747. The predicted octanol–water partition coefficient (Wildman–Crippen LogP) is 2.88. The summed E-state index contributed by atoms with van der Waals surface area (Å²) < 4.78 is 8.00. The number of ether oxygens (including phenoxy) is 1. The molecule has 1 saturated heterocycles. The van der Waals surface area contributed by atoms with Gasteiger partial charge >= 0.3 is 0 Å². The predicted molar refractivity (Wildman–Crippen MR) is 109 cm³/mol. The Bertz CT molecular complexity index is 811. The first-order valence-electron chi connectivity index (χ1n) is 9.70. The fourth-order valence-corrected chi connectivity index (χ4v) is 3.60. The minimum Gasteiger partial charge on any atom is -0.370 e. The van der Waals surface area contributed by atoms with Crippen molar-refractivity contribution in [1.29, 1.82) is 0 Å². The van der Waals surface area contributed by atoms with Crippen molar-refractivity contribution in [3.05, 3.63) is 52.3 Å². The smallest absolute Gasteiger partial charge is 0.194 e. The molecular weight excluding hydrogens is 338 g/mol. The lowest BCUT2D eigenvalue weighted by Gasteiger charge is -2.35. The zero-order valence-corrected chi connectivity index (χ0v) is 17.1. The van der Waals surface area contributed by atoms with E-state index in [1.807, 2.05) is 18.7 Å². The van der Waals surface area contributed by atoms with Crippen LogP contribution in [0.2, 0.25) is 0 Å². The standard InChI is InChI=1S/C21H31N5O/c1-6-22-21(23-13-19-16(3)24-25(5)17(19)4)26-11-12-27-20(14-26)18-10-8-7-9-15(18)2/h7-10,20H,6,11-14H2,1-5H3,(H,22,23). The zero-order valence-electron chi connectivity index (χ0n) is 17.1. The van der Waals surface area contributed by atoms with E-state index in [0.717, 1.165) is 31.3 Å². The summed E-state index contributed by atoms with van der Waals surface area (Å²) in [6.45, 7) is 12.2. The van der Waals surface area contributed by atoms with Crippen molar-refractivity contribution in [3.63, 3.8) is 0 Å². The first kappa shape index (κ1) is 19.4. The number of benzene rings is 1. The van der Waals surface area contributed by atoms with Crippen LogP contribution in [0.25, 0.3) is 0 Å². The number of nitrogens with one attached hydrogen (secondary N) is 1. The third kappa shape index (κ3) is 4.33. The number of aliphatic imine (C=N–C) groups is 1. The summed E-state index contributed by atoms with van der Waals surface area (Å²) in [5.74, 6) is 0.946. The van der Waals surface area contributed by atoms with Crippen molar-refractivity contribution in [1.82, 2.24) is 20.0 Å². The molecule has 3 rings (SSSR count). The van der Waals surface area contributed by atoms with Gasteiger partial charge in [-0.25, -0.2) is 4.99 Å². The lowest BCUT2D eigenvalue weighted by Crippen LogP contribution is -2.48. The fourth-order valence-electron chi connectivity index (χ4n) is 3.60. The molecule has 0 saturated carbocycles. The van der Waals surface area contributed by atoms with Crippen LogP contribution in [0, 0.1) is 20.8 Å². The van der Waals surface area contributed by atoms with Gasteiger partial charge in [0.2, 0.25) is 0 Å². The third-order valence-corrected chi connectivity index (χ3v) is 5.28. The van der Waals surface area contributed by atoms with Crippen LogP contribution in [0.15, 0.2) is 29.3 Å². The molecule has 0 radical (unpaired) electrons. The second-order valence-electron chi connectivity index (χ2n) is 7.11. The highest BCUT2D eigenvalue weighted by Crippen LogP contribution is 2.25. The Balaban J connectivity index is 1.78. The molecule has 2 heterocycles. The van der Waals surface area contributed by atoms with E-state index in [1.165, 1.54) is 22.4 Å². The van der Waals surface area contributed by atoms with Gasteiger partial charge in [-0.1, -0.05) is 24.3 Å². The van der Waals surface area contributed by atoms with E-state index in [4.69, 9.17) is 9.73 Å². The quantitative estimate of drug-likeness (QED) is 0.665. The summed E-state index contributed by atoms with van der Waals surface area (Å²) >= 11 is 0. The van der Waals surface area contributed by atoms with Crippen LogP contribution >= 0.6 is 0 Å². The summed E-state index contributed by atoms with van der Waals surface area (Å²) in [5, 5.41) is 7.95. The molecule has 2 aromatic rings. The molecule has 0 bridgehead atoms. The summed E-state index contributed by atoms with van der Waals surface area (Å²) in [5.41, 5.74) is 5.96. The van der Waals surface area contributed by atoms with Gasteiger partial charge in [0, 0.05) is 31.4 Å². The molecule has 1 aliphatic rings. The maximum Gasteiger partial charge on any atom is 0.194 e. The lowest BCUT2D eigenvalue weighted by atomic mass is 10.0. The van der Waals surface area contributed by atoms with E-state index in [2.05, 4.69) is 60.4 Å². The van der Waals surface area contributed by atoms with Gasteiger partial charge in [-0.3, -0.25) is 4.68 Å². The number of rotatable bonds is 4. The minimum atomic E-state index is 0.0747. The second kappa shape index (κ2) is 8.57. The number of aromatic nitrogens is 2. The largest absolute Gasteiger partial charge is 0.370 e. The number of guanidine groups is 1. The Morgan fingerprint density at radius 2 is 2.07 bits per heavy atom. The molecule has 1 fully saturated rings. The van der Waals surface area contributed by atoms with Crippen LogP contribution in [-0.2, 0) is 18.3 Å². The van der Waals surface area contributed by atoms with Gasteiger partial charge in [0.05, 0.1) is 25.4 Å². The first-order valence-corrected chi connectivity index (χ1v) is 9.70. The molecule has 1 aliphatic heterocycles. The molecule has 1 N–H and O–H groups in total. The van der Waals surface area contributed by atoms with Crippen LogP contribution in [0.3, 0.4) is 0 Å². The Hall–Kier alpha value is -2.34. The number of morpholine rings is 1. The van der Waals surface area contributed by atoms with Crippen LogP contribution in [0.5, 0.6) is 0 Å². The molecule has 1 atom stereocenters. The highest BCUT2D eigenvalue weighted by molar-refractivity contribution is 5.80. The summed E-state index contributed by atoms with van der Waals surface area (Å²) in [7, 11) is 1.98. The van der Waals surface area contributed by atoms with Crippen molar-refractivity contribution in [3.8, 4) is 0 Å². The average Bonchev–Trinajstić information content (AvgIpc) is 2.91. The molecule has 1 aromatic carbocycles. The maximum atomic E-state index is 6.07. The van der Waals surface area contributed by atoms with Gasteiger partial charge in [0.25, 0.3) is 0 Å². The van der Waals surface area contributed by atoms with Crippen LogP contribution < -0.4 is 5.32 Å². The normalized spacial score (nSPS) is 18.0. The Morgan fingerprint density at radius 3 is 2.74 bits per heavy atom. The number of hydrogen-bond donors (Lipinski definition) is 1. The van der Waals surface area contributed by atoms with Crippen molar-refractivity contribution >= 4 is 5.96 Å². The fraction of sp³-hybridized carbons (Fsp3) is 0.524.